The van der Waals surface area contributed by atoms with Gasteiger partial charge in [-0.1, -0.05) is 19.2 Å². The third kappa shape index (κ3) is 26.9. The highest BCUT2D eigenvalue weighted by Crippen LogP contribution is 2.60. The molecule has 0 aliphatic carbocycles. The van der Waals surface area contributed by atoms with Gasteiger partial charge in [-0.3, -0.25) is 80.1 Å². The van der Waals surface area contributed by atoms with E-state index in [-0.39, 0.29) is 83.0 Å². The predicted octanol–water partition coefficient (Wildman–Crippen LogP) is 1.34. The Morgan fingerprint density at radius 2 is 0.615 bits per heavy atom. The van der Waals surface area contributed by atoms with Gasteiger partial charge in [0.25, 0.3) is 22.2 Å². The molecule has 71 heteroatoms. The van der Waals surface area contributed by atoms with Crippen LogP contribution in [0.1, 0.15) is 135 Å². The van der Waals surface area contributed by atoms with Crippen LogP contribution in [0.15, 0.2) is 97.8 Å². The summed E-state index contributed by atoms with van der Waals surface area (Å²) in [6, 6.07) is 0. The zero-order valence-electron chi connectivity index (χ0n) is 76.0. The molecule has 16 N–H and O–H groups in total. The molecular weight excluding hydrogens is 2180 g/mol. The van der Waals surface area contributed by atoms with Crippen molar-refractivity contribution in [3.05, 3.63) is 188 Å². The molecule has 7 aliphatic rings. The van der Waals surface area contributed by atoms with E-state index in [1.165, 1.54) is 82.8 Å². The molecule has 28 atom stereocenters. The van der Waals surface area contributed by atoms with Gasteiger partial charge in [-0.25, -0.2) is 48.3 Å². The van der Waals surface area contributed by atoms with Gasteiger partial charge in [0, 0.05) is 123 Å². The number of thiol groups is 1. The van der Waals surface area contributed by atoms with E-state index < -0.39 is 285 Å². The van der Waals surface area contributed by atoms with E-state index in [9.17, 15) is 81.9 Å². The van der Waals surface area contributed by atoms with Gasteiger partial charge in [0.15, 0.2) is 11.5 Å². The Morgan fingerprint density at radius 1 is 0.364 bits per heavy atom. The molecule has 7 aliphatic heterocycles. The minimum absolute atomic E-state index is 0.00371. The highest BCUT2D eigenvalue weighted by atomic mass is 32.7. The molecule has 0 spiro atoms. The number of imidazole rings is 1. The first-order valence-electron chi connectivity index (χ1n) is 43.1. The van der Waals surface area contributed by atoms with E-state index >= 15 is 0 Å². The second kappa shape index (κ2) is 44.8. The molecule has 15 heterocycles. The number of aryl methyl sites for hydroxylation is 6. The number of ether oxygens (including phenoxy) is 7. The number of nitrogens with zero attached hydrogens (tertiary/aromatic N) is 12. The molecule has 7 unspecified atom stereocenters. The van der Waals surface area contributed by atoms with Crippen molar-refractivity contribution in [2.45, 2.75) is 229 Å². The summed E-state index contributed by atoms with van der Waals surface area (Å²) in [5.74, 6) is -0.269. The van der Waals surface area contributed by atoms with Crippen LogP contribution in [0.5, 0.6) is 0 Å². The number of hydrogen-bond acceptors (Lipinski definition) is 46. The van der Waals surface area contributed by atoms with E-state index in [0.29, 0.717) is 17.5 Å². The Morgan fingerprint density at radius 3 is 0.909 bits per heavy atom. The average molecular weight is 2280 g/mol. The molecule has 7 saturated heterocycles. The van der Waals surface area contributed by atoms with Crippen LogP contribution in [0.4, 0.5) is 17.5 Å². The zero-order valence-corrected chi connectivity index (χ0v) is 88.1. The Hall–Kier alpha value is -6.17. The molecule has 0 bridgehead atoms. The van der Waals surface area contributed by atoms with Gasteiger partial charge >= 0.3 is 81.2 Å². The molecule has 7 fully saturated rings. The molecule has 8 aromatic rings. The highest BCUT2D eigenvalue weighted by Gasteiger charge is 2.52. The van der Waals surface area contributed by atoms with E-state index in [1.54, 1.807) is 13.8 Å². The van der Waals surface area contributed by atoms with Gasteiger partial charge in [-0.05, 0) is 119 Å². The summed E-state index contributed by atoms with van der Waals surface area (Å²) < 4.78 is 150. The number of nitrogens with two attached hydrogens (primary N) is 3. The summed E-state index contributed by atoms with van der Waals surface area (Å²) >= 11 is 37.5. The second-order valence-electron chi connectivity index (χ2n) is 33.7. The number of aromatic nitrogens is 16. The first-order chi connectivity index (χ1) is 67.1. The van der Waals surface area contributed by atoms with Crippen molar-refractivity contribution >= 4 is 159 Å². The average Bonchev–Trinajstić information content (AvgIpc) is 1.36. The lowest BCUT2D eigenvalue weighted by molar-refractivity contribution is -0.0574. The van der Waals surface area contributed by atoms with Gasteiger partial charge in [-0.2, -0.15) is 9.97 Å². The number of H-pyrrole nitrogens is 4. The number of fused-ring (bicyclic) bond motifs is 1. The molecule has 0 radical (unpaired) electrons. The van der Waals surface area contributed by atoms with Crippen LogP contribution in [-0.2, 0) is 172 Å². The van der Waals surface area contributed by atoms with Crippen molar-refractivity contribution in [3.63, 3.8) is 0 Å². The summed E-state index contributed by atoms with van der Waals surface area (Å²) in [7, 11) is 1.10. The summed E-state index contributed by atoms with van der Waals surface area (Å²) in [6.45, 7) is -26.0. The van der Waals surface area contributed by atoms with E-state index in [1.807, 2.05) is 0 Å². The Kier molecular flexibility index (Phi) is 34.7. The molecule has 0 aromatic carbocycles. The van der Waals surface area contributed by atoms with Crippen LogP contribution < -0.4 is 73.6 Å². The highest BCUT2D eigenvalue weighted by molar-refractivity contribution is 8.44. The zero-order chi connectivity index (χ0) is 104. The van der Waals surface area contributed by atoms with E-state index in [0.717, 1.165) is 40.7 Å². The minimum Gasteiger partial charge on any atom is -0.383 e. The second-order valence-corrected chi connectivity index (χ2v) is 53.4. The van der Waals surface area contributed by atoms with Crippen LogP contribution >= 0.6 is 59.4 Å². The number of anilines is 3. The molecule has 0 amide bonds. The van der Waals surface area contributed by atoms with Gasteiger partial charge in [0.1, 0.15) is 110 Å². The number of aromatic amines is 4. The molecular formula is C72H98N19O38P7S7. The smallest absolute Gasteiger partial charge is 0.383 e. The topological polar surface area (TPSA) is 743 Å². The van der Waals surface area contributed by atoms with Crippen LogP contribution in [-0.4, -0.2) is 238 Å². The van der Waals surface area contributed by atoms with Crippen molar-refractivity contribution in [3.8, 4) is 0 Å². The van der Waals surface area contributed by atoms with Crippen molar-refractivity contribution in [1.29, 1.82) is 0 Å². The Labute approximate surface area is 841 Å². The maximum absolute atomic E-state index is 14.8. The van der Waals surface area contributed by atoms with Gasteiger partial charge < -0.3 is 134 Å². The van der Waals surface area contributed by atoms with Crippen LogP contribution in [0.25, 0.3) is 11.2 Å². The number of nitrogen functional groups attached to an aromatic ring is 3. The lowest BCUT2D eigenvalue weighted by atomic mass is 10.1. The largest absolute Gasteiger partial charge is 0.386 e. The fraction of sp³-hybridized carbons (Fsp3) is 0.597. The van der Waals surface area contributed by atoms with E-state index in [2.05, 4.69) is 57.1 Å². The van der Waals surface area contributed by atoms with Crippen LogP contribution in [0, 0.1) is 41.5 Å². The summed E-state index contributed by atoms with van der Waals surface area (Å²) in [4.78, 5) is 230. The quantitative estimate of drug-likeness (QED) is 0.0190. The lowest BCUT2D eigenvalue weighted by Crippen LogP contribution is -2.33. The summed E-state index contributed by atoms with van der Waals surface area (Å²) in [5, 5.41) is 0. The third-order valence-corrected chi connectivity index (χ3v) is 35.0. The molecule has 0 saturated carbocycles. The standard InChI is InChI=1S/C72H98N19O38P7S7/c1-9-37-38(10-51(116-37)87-19-33(4)63(92)81-69(87)98)124-131(103,138)110-24-48-42(14-55(120-48)89-21-35(6)65(94)83-71(89)100)127-134(106,141)114-27-49-43(15-56(121-49)90-22-36(7)66(95)84-72(90)101)128-133(105,140)113-26-46-40(12-52(118-46)85-17-31(2)59(73)79-67(85)96)125-132(104,139)112-25-47-41(13-53(119-47)86-18-32(3)60(74)80-68(86)97)126-135(107,142)115-28-50-44(16-57(122-50)91-30-78-58-61(75)76-29-77-62(58)91)129-136(108,143)111-23-45-39(123-130(102,137)109-8)11-54(117-45)88-20-34(5)64(93)82-70(88)99/h17-22,29-30,37-57H,9-16,23-28H2,1-8H3,(H,102,137)(H,103,138)(H,104,139)(H,105,140)(H,106,141)(H,107,142)(H,108,143)(H2,73,79,96)(H2,74,80,97)(H2,75,76,77)(H,81,92,98)(H,82,93,99)(H,83,94,100)(H,84,95,101)/t37-,38-,39-,40-,41-,42-,43-,44-,45-,46-,47-,48-,49-,50-,51-,52-,53-,54-,55-,56-,57-,130?,131?,132?,133?,134?,135?,136?/m1/s1. The van der Waals surface area contributed by atoms with Crippen molar-refractivity contribution in [2.75, 3.05) is 64.0 Å². The SMILES string of the molecule is CC[C@H]1O[C@@H](n2cc(C)c(=O)[nH]c2=O)C[C@H]1OP(O)(=S)OC[C@H]1O[C@@H](n2cc(C)c(=O)[nH]c2=O)C[C@H]1OP(=O)(S)OC[C@H]1O[C@@H](n2cc(C)c(=O)[nH]c2=O)C[C@H]1OP(O)(=S)OC[C@H]1O[C@@H](n2cc(C)c(N)nc2=O)C[C@H]1OP(O)(=S)OC[C@H]1O[C@@H](n2cc(C)c(N)nc2=O)C[C@H]1OP(O)(=S)OC[C@H]1O[C@@H](n2cnc3c(N)ncnc32)C[C@H]1OP(O)(=S)OC[C@H]1O[C@@H](n2cc(C)c(=O)[nH]c2=O)C[C@H]1OP(O)(=S)OC. The van der Waals surface area contributed by atoms with E-state index in [4.69, 9.17) is 185 Å². The van der Waals surface area contributed by atoms with Gasteiger partial charge in [0.05, 0.1) is 88.7 Å². The predicted molar refractivity (Wildman–Crippen MR) is 522 cm³/mol. The van der Waals surface area contributed by atoms with Gasteiger partial charge in [-0.15, -0.1) is 0 Å². The van der Waals surface area contributed by atoms with Crippen molar-refractivity contribution in [2.24, 2.45) is 0 Å². The molecule has 15 rings (SSSR count). The normalized spacial score (nSPS) is 29.7. The Bertz CT molecular complexity index is 7180. The van der Waals surface area contributed by atoms with Crippen LogP contribution in [0.3, 0.4) is 0 Å². The summed E-state index contributed by atoms with van der Waals surface area (Å²) in [6.07, 6.45) is -19.2. The maximum Gasteiger partial charge on any atom is 0.386 e. The monoisotopic (exact) mass is 2280 g/mol. The fourth-order valence-electron chi connectivity index (χ4n) is 16.4. The lowest BCUT2D eigenvalue weighted by Gasteiger charge is -2.28. The first-order valence-corrected chi connectivity index (χ1v) is 61.3. The van der Waals surface area contributed by atoms with Crippen LogP contribution in [0.2, 0.25) is 0 Å². The molecule has 786 valence electrons. The third-order valence-electron chi connectivity index (χ3n) is 23.7. The number of rotatable bonds is 41. The van der Waals surface area contributed by atoms with Crippen molar-refractivity contribution < 1.29 is 130 Å². The van der Waals surface area contributed by atoms with Gasteiger partial charge in [0.2, 0.25) is 0 Å². The van der Waals surface area contributed by atoms with Crippen molar-refractivity contribution in [1.82, 2.24) is 76.8 Å². The molecule has 57 nitrogen and oxygen atoms in total. The first kappa shape index (κ1) is 111. The molecule has 8 aromatic heterocycles. The Balaban J connectivity index is 0.634. The molecule has 143 heavy (non-hydrogen) atoms. The fourth-order valence-corrected chi connectivity index (χ4v) is 26.3. The maximum atomic E-state index is 14.8. The number of nitrogens with one attached hydrogen (secondary N) is 4. The summed E-state index contributed by atoms with van der Waals surface area (Å²) in [5.41, 5.74) is 11.5. The number of hydrogen-bond donors (Lipinski definition) is 14. The minimum atomic E-state index is -4.83.